The van der Waals surface area contributed by atoms with E-state index in [1.165, 1.54) is 35.1 Å². The highest BCUT2D eigenvalue weighted by Gasteiger charge is 2.20. The molecule has 8 nitrogen and oxygen atoms in total. The summed E-state index contributed by atoms with van der Waals surface area (Å²) in [6, 6.07) is 15.0. The minimum atomic E-state index is -3.89. The van der Waals surface area contributed by atoms with Crippen molar-refractivity contribution in [1.29, 1.82) is 5.26 Å². The SMILES string of the molecule is CC(C)(C)c1ccc(S(=O)(=O)Nc2ccc(C#N)c3cc(-c4cncc(O)c4)nn23)cc1. The number of benzene rings is 1. The Morgan fingerprint density at radius 2 is 1.78 bits per heavy atom. The maximum absolute atomic E-state index is 13.0. The van der Waals surface area contributed by atoms with Crippen LogP contribution in [0.2, 0.25) is 0 Å². The average Bonchev–Trinajstić information content (AvgIpc) is 3.19. The largest absolute Gasteiger partial charge is 0.506 e. The number of rotatable bonds is 4. The first-order chi connectivity index (χ1) is 15.1. The van der Waals surface area contributed by atoms with Gasteiger partial charge in [0.2, 0.25) is 0 Å². The molecule has 32 heavy (non-hydrogen) atoms. The molecule has 0 aliphatic rings. The molecule has 0 radical (unpaired) electrons. The van der Waals surface area contributed by atoms with Crippen LogP contribution in [0.3, 0.4) is 0 Å². The number of anilines is 1. The second kappa shape index (κ2) is 7.66. The van der Waals surface area contributed by atoms with Gasteiger partial charge >= 0.3 is 0 Å². The maximum Gasteiger partial charge on any atom is 0.263 e. The third-order valence-corrected chi connectivity index (χ3v) is 6.40. The molecule has 3 aromatic heterocycles. The van der Waals surface area contributed by atoms with Crippen molar-refractivity contribution in [3.63, 3.8) is 0 Å². The number of aromatic hydroxyl groups is 1. The number of hydrogen-bond donors (Lipinski definition) is 2. The van der Waals surface area contributed by atoms with E-state index in [0.29, 0.717) is 22.3 Å². The Labute approximate surface area is 185 Å². The molecule has 9 heteroatoms. The molecule has 3 heterocycles. The summed E-state index contributed by atoms with van der Waals surface area (Å²) in [5, 5.41) is 23.6. The lowest BCUT2D eigenvalue weighted by atomic mass is 9.87. The lowest BCUT2D eigenvalue weighted by Crippen LogP contribution is -2.17. The van der Waals surface area contributed by atoms with Crippen LogP contribution in [-0.4, -0.2) is 28.1 Å². The van der Waals surface area contributed by atoms with Gasteiger partial charge in [-0.15, -0.1) is 0 Å². The van der Waals surface area contributed by atoms with E-state index in [2.05, 4.69) is 41.6 Å². The van der Waals surface area contributed by atoms with Crippen molar-refractivity contribution in [2.24, 2.45) is 0 Å². The highest BCUT2D eigenvalue weighted by Crippen LogP contribution is 2.28. The van der Waals surface area contributed by atoms with E-state index < -0.39 is 10.0 Å². The van der Waals surface area contributed by atoms with Crippen molar-refractivity contribution in [3.05, 3.63) is 72.1 Å². The fraction of sp³-hybridized carbons (Fsp3) is 0.174. The lowest BCUT2D eigenvalue weighted by molar-refractivity contribution is 0.473. The Morgan fingerprint density at radius 1 is 1.06 bits per heavy atom. The van der Waals surface area contributed by atoms with Crippen LogP contribution in [-0.2, 0) is 15.4 Å². The lowest BCUT2D eigenvalue weighted by Gasteiger charge is -2.19. The van der Waals surface area contributed by atoms with E-state index >= 15 is 0 Å². The van der Waals surface area contributed by atoms with Gasteiger partial charge in [0.05, 0.1) is 27.9 Å². The zero-order valence-electron chi connectivity index (χ0n) is 17.7. The van der Waals surface area contributed by atoms with Gasteiger partial charge in [-0.1, -0.05) is 32.9 Å². The average molecular weight is 448 g/mol. The number of nitrogens with zero attached hydrogens (tertiary/aromatic N) is 4. The van der Waals surface area contributed by atoms with Crippen molar-refractivity contribution in [1.82, 2.24) is 14.6 Å². The summed E-state index contributed by atoms with van der Waals surface area (Å²) >= 11 is 0. The van der Waals surface area contributed by atoms with Gasteiger partial charge in [0.25, 0.3) is 10.0 Å². The normalized spacial score (nSPS) is 11.9. The maximum atomic E-state index is 13.0. The number of pyridine rings is 2. The molecule has 0 bridgehead atoms. The van der Waals surface area contributed by atoms with Crippen LogP contribution in [0.5, 0.6) is 5.75 Å². The summed E-state index contributed by atoms with van der Waals surface area (Å²) < 4.78 is 30.0. The zero-order valence-corrected chi connectivity index (χ0v) is 18.6. The number of aromatic nitrogens is 3. The van der Waals surface area contributed by atoms with Gasteiger partial charge in [0.15, 0.2) is 0 Å². The minimum absolute atomic E-state index is 0.0281. The van der Waals surface area contributed by atoms with Crippen molar-refractivity contribution in [3.8, 4) is 23.1 Å². The van der Waals surface area contributed by atoms with Crippen molar-refractivity contribution in [2.75, 3.05) is 4.72 Å². The second-order valence-corrected chi connectivity index (χ2v) is 10.1. The molecular formula is C23H21N5O3S. The summed E-state index contributed by atoms with van der Waals surface area (Å²) in [4.78, 5) is 4.06. The number of fused-ring (bicyclic) bond motifs is 1. The topological polar surface area (TPSA) is 120 Å². The molecule has 0 atom stereocenters. The summed E-state index contributed by atoms with van der Waals surface area (Å²) in [6.07, 6.45) is 2.82. The van der Waals surface area contributed by atoms with Crippen molar-refractivity contribution in [2.45, 2.75) is 31.1 Å². The third-order valence-electron chi connectivity index (χ3n) is 5.03. The predicted octanol–water partition coefficient (Wildman–Crippen LogP) is 4.07. The van der Waals surface area contributed by atoms with E-state index in [-0.39, 0.29) is 21.9 Å². The molecule has 162 valence electrons. The number of sulfonamides is 1. The van der Waals surface area contributed by atoms with Crippen LogP contribution >= 0.6 is 0 Å². The van der Waals surface area contributed by atoms with E-state index in [1.54, 1.807) is 30.3 Å². The molecule has 4 aromatic rings. The van der Waals surface area contributed by atoms with E-state index in [0.717, 1.165) is 5.56 Å². The molecule has 0 amide bonds. The standard InChI is InChI=1S/C23H21N5O3S/c1-23(2,3)17-5-7-19(8-6-17)32(30,31)27-22-9-4-15(12-24)21-11-20(26-28(21)22)16-10-18(29)14-25-13-16/h4-11,13-14,27,29H,1-3H3. The van der Waals surface area contributed by atoms with Crippen LogP contribution in [0.25, 0.3) is 16.8 Å². The molecule has 4 rings (SSSR count). The minimum Gasteiger partial charge on any atom is -0.506 e. The van der Waals surface area contributed by atoms with Crippen molar-refractivity contribution >= 4 is 21.4 Å². The predicted molar refractivity (Wildman–Crippen MR) is 121 cm³/mol. The summed E-state index contributed by atoms with van der Waals surface area (Å²) in [5.41, 5.74) is 2.65. The second-order valence-electron chi connectivity index (χ2n) is 8.38. The first-order valence-corrected chi connectivity index (χ1v) is 11.3. The van der Waals surface area contributed by atoms with Gasteiger partial charge in [-0.25, -0.2) is 12.9 Å². The van der Waals surface area contributed by atoms with Crippen LogP contribution in [0, 0.1) is 11.3 Å². The highest BCUT2D eigenvalue weighted by atomic mass is 32.2. The molecule has 0 unspecified atom stereocenters. The first kappa shape index (κ1) is 21.3. The summed E-state index contributed by atoms with van der Waals surface area (Å²) in [7, 11) is -3.89. The monoisotopic (exact) mass is 447 g/mol. The molecule has 2 N–H and O–H groups in total. The van der Waals surface area contributed by atoms with Gasteiger partial charge in [-0.3, -0.25) is 9.71 Å². The Morgan fingerprint density at radius 3 is 2.41 bits per heavy atom. The Balaban J connectivity index is 1.77. The van der Waals surface area contributed by atoms with Crippen LogP contribution in [0.4, 0.5) is 5.82 Å². The van der Waals surface area contributed by atoms with Crippen LogP contribution in [0.15, 0.2) is 65.8 Å². The molecule has 0 saturated carbocycles. The molecule has 0 aliphatic heterocycles. The van der Waals surface area contributed by atoms with Crippen LogP contribution < -0.4 is 4.72 Å². The van der Waals surface area contributed by atoms with Gasteiger partial charge in [0, 0.05) is 11.8 Å². The zero-order chi connectivity index (χ0) is 23.1. The van der Waals surface area contributed by atoms with Crippen LogP contribution in [0.1, 0.15) is 31.9 Å². The first-order valence-electron chi connectivity index (χ1n) is 9.79. The molecule has 0 aliphatic carbocycles. The molecule has 0 spiro atoms. The highest BCUT2D eigenvalue weighted by molar-refractivity contribution is 7.92. The number of hydrogen-bond acceptors (Lipinski definition) is 6. The smallest absolute Gasteiger partial charge is 0.263 e. The van der Waals surface area contributed by atoms with Crippen molar-refractivity contribution < 1.29 is 13.5 Å². The Bertz CT molecular complexity index is 1460. The van der Waals surface area contributed by atoms with Gasteiger partial charge < -0.3 is 5.11 Å². The fourth-order valence-corrected chi connectivity index (χ4v) is 4.33. The molecule has 1 aromatic carbocycles. The third kappa shape index (κ3) is 4.00. The molecule has 0 saturated heterocycles. The van der Waals surface area contributed by atoms with Gasteiger partial charge in [0.1, 0.15) is 17.6 Å². The van der Waals surface area contributed by atoms with Gasteiger partial charge in [-0.2, -0.15) is 10.4 Å². The molecule has 0 fully saturated rings. The number of nitrogens with one attached hydrogen (secondary N) is 1. The van der Waals surface area contributed by atoms with Gasteiger partial charge in [-0.05, 0) is 47.4 Å². The number of nitriles is 1. The summed E-state index contributed by atoms with van der Waals surface area (Å²) in [5.74, 6) is 0.151. The quantitative estimate of drug-likeness (QED) is 0.486. The molecular weight excluding hydrogens is 426 g/mol. The Hall–Kier alpha value is -3.90. The van der Waals surface area contributed by atoms with E-state index in [4.69, 9.17) is 0 Å². The summed E-state index contributed by atoms with van der Waals surface area (Å²) in [6.45, 7) is 6.17. The van der Waals surface area contributed by atoms with E-state index in [1.807, 2.05) is 0 Å². The van der Waals surface area contributed by atoms with E-state index in [9.17, 15) is 18.8 Å². The fourth-order valence-electron chi connectivity index (χ4n) is 3.29. The Kier molecular flexibility index (Phi) is 5.11.